The molecule has 6 nitrogen and oxygen atoms in total. The van der Waals surface area contributed by atoms with E-state index in [1.54, 1.807) is 7.05 Å². The van der Waals surface area contributed by atoms with Crippen LogP contribution in [0.25, 0.3) is 0 Å². The number of nitrogens with two attached hydrogens (primary N) is 1. The van der Waals surface area contributed by atoms with Crippen LogP contribution in [0.4, 0.5) is 0 Å². The maximum Gasteiger partial charge on any atom is 0.253 e. The molecule has 5 N–H and O–H groups in total. The molecule has 0 spiro atoms. The fraction of sp³-hybridized carbons (Fsp3) is 0.833. The van der Waals surface area contributed by atoms with Gasteiger partial charge in [0.05, 0.1) is 30.7 Å². The zero-order valence-electron chi connectivity index (χ0n) is 19.4. The van der Waals surface area contributed by atoms with Gasteiger partial charge in [-0.15, -0.1) is 0 Å². The molecular weight excluding hydrogens is 378 g/mol. The summed E-state index contributed by atoms with van der Waals surface area (Å²) < 4.78 is 6.09. The van der Waals surface area contributed by atoms with Crippen LogP contribution in [0.15, 0.2) is 11.5 Å². The molecule has 3 fully saturated rings. The topological polar surface area (TPSA) is 96.2 Å². The van der Waals surface area contributed by atoms with Gasteiger partial charge in [-0.2, -0.15) is 0 Å². The van der Waals surface area contributed by atoms with Crippen molar-refractivity contribution in [2.75, 3.05) is 20.3 Å². The predicted octanol–water partition coefficient (Wildman–Crippen LogP) is 1.93. The number of amides is 1. The van der Waals surface area contributed by atoms with Gasteiger partial charge in [0.25, 0.3) is 5.91 Å². The van der Waals surface area contributed by atoms with E-state index in [9.17, 15) is 9.90 Å². The zero-order chi connectivity index (χ0) is 22.0. The number of fused-ring (bicyclic) bond motifs is 1. The quantitative estimate of drug-likeness (QED) is 0.260. The van der Waals surface area contributed by atoms with E-state index in [1.165, 1.54) is 38.3 Å². The second-order valence-corrected chi connectivity index (χ2v) is 10.7. The van der Waals surface area contributed by atoms with Crippen molar-refractivity contribution in [3.63, 3.8) is 0 Å². The second kappa shape index (κ2) is 8.89. The number of aliphatic hydroxyl groups excluding tert-OH is 1. The minimum atomic E-state index is -0.637. The number of hydrogen-bond donors (Lipinski definition) is 4. The van der Waals surface area contributed by atoms with Crippen LogP contribution < -0.4 is 16.0 Å². The minimum absolute atomic E-state index is 0.0603. The van der Waals surface area contributed by atoms with Gasteiger partial charge in [-0.3, -0.25) is 10.2 Å². The van der Waals surface area contributed by atoms with Crippen molar-refractivity contribution < 1.29 is 20.0 Å². The Morgan fingerprint density at radius 3 is 2.37 bits per heavy atom. The third-order valence-electron chi connectivity index (χ3n) is 8.56. The number of rotatable bonds is 9. The van der Waals surface area contributed by atoms with Crippen molar-refractivity contribution in [2.45, 2.75) is 84.1 Å². The molecule has 0 saturated heterocycles. The molecular formula is C24H42N3O3+. The Hall–Kier alpha value is -1.56. The third kappa shape index (κ3) is 4.00. The molecule has 0 aliphatic heterocycles. The molecule has 3 atom stereocenters. The van der Waals surface area contributed by atoms with Gasteiger partial charge in [-0.25, -0.2) is 0 Å². The second-order valence-electron chi connectivity index (χ2n) is 10.7. The summed E-state index contributed by atoms with van der Waals surface area (Å²) in [6, 6.07) is 0. The van der Waals surface area contributed by atoms with Crippen LogP contribution >= 0.6 is 0 Å². The van der Waals surface area contributed by atoms with Gasteiger partial charge in [0.2, 0.25) is 0 Å². The number of aliphatic hydroxyl groups is 1. The molecule has 0 heterocycles. The normalized spacial score (nSPS) is 33.7. The average molecular weight is 421 g/mol. The smallest absolute Gasteiger partial charge is 0.253 e. The van der Waals surface area contributed by atoms with Crippen LogP contribution in [0, 0.1) is 22.7 Å². The number of carbonyl (C=O) groups excluding carboxylic acids is 1. The van der Waals surface area contributed by atoms with Crippen molar-refractivity contribution in [1.29, 1.82) is 0 Å². The van der Waals surface area contributed by atoms with Crippen LogP contribution in [0.1, 0.15) is 78.6 Å². The Balaban J connectivity index is 1.79. The van der Waals surface area contributed by atoms with Gasteiger partial charge in [0.1, 0.15) is 6.21 Å². The van der Waals surface area contributed by atoms with Crippen LogP contribution in [-0.4, -0.2) is 43.0 Å². The molecule has 3 aliphatic carbocycles. The first-order valence-electron chi connectivity index (χ1n) is 11.7. The Labute approximate surface area is 181 Å². The highest BCUT2D eigenvalue weighted by Crippen LogP contribution is 2.68. The van der Waals surface area contributed by atoms with Crippen molar-refractivity contribution in [2.24, 2.45) is 22.7 Å². The molecule has 30 heavy (non-hydrogen) atoms. The molecule has 1 amide bonds. The van der Waals surface area contributed by atoms with Crippen molar-refractivity contribution in [3.05, 3.63) is 11.5 Å². The summed E-state index contributed by atoms with van der Waals surface area (Å²) in [5, 5.41) is 22.5. The third-order valence-corrected chi connectivity index (χ3v) is 8.56. The Morgan fingerprint density at radius 1 is 1.20 bits per heavy atom. The van der Waals surface area contributed by atoms with E-state index in [2.05, 4.69) is 31.4 Å². The number of ether oxygens (including phenoxy) is 1. The molecule has 3 aliphatic rings. The lowest BCUT2D eigenvalue weighted by Gasteiger charge is -2.49. The van der Waals surface area contributed by atoms with Crippen LogP contribution in [0.2, 0.25) is 0 Å². The van der Waals surface area contributed by atoms with Gasteiger partial charge in [0, 0.05) is 7.05 Å². The van der Waals surface area contributed by atoms with E-state index in [4.69, 9.17) is 10.1 Å². The summed E-state index contributed by atoms with van der Waals surface area (Å²) in [6.07, 6.45) is 11.1. The van der Waals surface area contributed by atoms with E-state index < -0.39 is 5.54 Å². The minimum Gasteiger partial charge on any atom is -0.479 e. The van der Waals surface area contributed by atoms with Gasteiger partial charge >= 0.3 is 0 Å². The Kier molecular flexibility index (Phi) is 6.85. The molecule has 3 saturated carbocycles. The van der Waals surface area contributed by atoms with E-state index in [1.807, 2.05) is 0 Å². The lowest BCUT2D eigenvalue weighted by Crippen LogP contribution is -2.59. The molecule has 6 heteroatoms. The highest BCUT2D eigenvalue weighted by Gasteiger charge is 2.67. The Morgan fingerprint density at radius 2 is 1.90 bits per heavy atom. The predicted molar refractivity (Wildman–Crippen MR) is 118 cm³/mol. The molecule has 0 aromatic carbocycles. The summed E-state index contributed by atoms with van der Waals surface area (Å²) in [6.45, 7) is 7.23. The van der Waals surface area contributed by atoms with Crippen LogP contribution in [-0.2, 0) is 9.53 Å². The number of hydrogen-bond acceptors (Lipinski definition) is 4. The van der Waals surface area contributed by atoms with E-state index in [0.29, 0.717) is 36.3 Å². The summed E-state index contributed by atoms with van der Waals surface area (Å²) in [7, 11) is 1.78. The lowest BCUT2D eigenvalue weighted by atomic mass is 9.57. The lowest BCUT2D eigenvalue weighted by molar-refractivity contribution is -0.123. The Bertz CT molecular complexity index is 683. The number of carbonyl (C=O) groups is 1. The molecule has 0 aromatic rings. The monoisotopic (exact) mass is 420 g/mol. The molecule has 170 valence electrons. The van der Waals surface area contributed by atoms with Crippen LogP contribution in [0.3, 0.4) is 0 Å². The maximum absolute atomic E-state index is 13.5. The SMILES string of the molecule is CN/C(OCC1CCCCC1)=C(\CC=[NH2+])C(=O)NC1(CO)CC2(C)CCC2C1(C)C. The van der Waals surface area contributed by atoms with Gasteiger partial charge in [-0.1, -0.05) is 40.0 Å². The van der Waals surface area contributed by atoms with Crippen molar-refractivity contribution >= 4 is 12.1 Å². The maximum atomic E-state index is 13.5. The molecule has 3 rings (SSSR count). The first-order chi connectivity index (χ1) is 14.2. The van der Waals surface area contributed by atoms with E-state index in [-0.39, 0.29) is 23.3 Å². The highest BCUT2D eigenvalue weighted by atomic mass is 16.5. The standard InChI is InChI=1S/C24H41N3O3/c1-22(2)19-10-12-23(19,3)15-24(22,16-28)27-20(29)18(11-13-25)21(26-4)30-14-17-8-6-5-7-9-17/h13,17,19,25-26,28H,5-12,14-16H2,1-4H3,(H,27,29)/p+1/b21-18-,25-13?. The molecule has 3 unspecified atom stereocenters. The molecule has 0 aromatic heterocycles. The van der Waals surface area contributed by atoms with Crippen LogP contribution in [0.5, 0.6) is 0 Å². The first-order valence-corrected chi connectivity index (χ1v) is 11.7. The average Bonchev–Trinajstić information content (AvgIpc) is 2.82. The summed E-state index contributed by atoms with van der Waals surface area (Å²) in [5.41, 5.74) is -0.122. The van der Waals surface area contributed by atoms with E-state index in [0.717, 1.165) is 19.3 Å². The first kappa shape index (κ1) is 23.1. The fourth-order valence-electron chi connectivity index (χ4n) is 6.54. The number of nitrogens with one attached hydrogen (secondary N) is 2. The van der Waals surface area contributed by atoms with Crippen molar-refractivity contribution in [1.82, 2.24) is 10.6 Å². The van der Waals surface area contributed by atoms with Crippen molar-refractivity contribution in [3.8, 4) is 0 Å². The summed E-state index contributed by atoms with van der Waals surface area (Å²) in [4.78, 5) is 13.5. The molecule has 0 radical (unpaired) electrons. The summed E-state index contributed by atoms with van der Waals surface area (Å²) in [5.74, 6) is 1.35. The van der Waals surface area contributed by atoms with E-state index >= 15 is 0 Å². The van der Waals surface area contributed by atoms with Gasteiger partial charge in [-0.05, 0) is 54.8 Å². The fourth-order valence-corrected chi connectivity index (χ4v) is 6.54. The largest absolute Gasteiger partial charge is 0.479 e. The molecule has 0 bridgehead atoms. The van der Waals surface area contributed by atoms with Gasteiger partial charge < -0.3 is 20.5 Å². The highest BCUT2D eigenvalue weighted by molar-refractivity contribution is 5.97. The zero-order valence-corrected chi connectivity index (χ0v) is 19.4. The van der Waals surface area contributed by atoms with Gasteiger partial charge in [0.15, 0.2) is 5.88 Å². The summed E-state index contributed by atoms with van der Waals surface area (Å²) >= 11 is 0.